The van der Waals surface area contributed by atoms with Gasteiger partial charge < -0.3 is 15.0 Å². The Bertz CT molecular complexity index is 1100. The number of rotatable bonds is 6. The quantitative estimate of drug-likeness (QED) is 0.566. The van der Waals surface area contributed by atoms with Crippen molar-refractivity contribution in [1.29, 1.82) is 0 Å². The van der Waals surface area contributed by atoms with Crippen LogP contribution in [0, 0.1) is 0 Å². The number of anilines is 2. The van der Waals surface area contributed by atoms with Crippen molar-refractivity contribution in [2.24, 2.45) is 0 Å². The van der Waals surface area contributed by atoms with E-state index in [2.05, 4.69) is 53.0 Å². The van der Waals surface area contributed by atoms with Gasteiger partial charge in [-0.2, -0.15) is 0 Å². The average molecular weight is 459 g/mol. The molecule has 34 heavy (non-hydrogen) atoms. The molecule has 0 spiro atoms. The average Bonchev–Trinajstić information content (AvgIpc) is 2.85. The zero-order chi connectivity index (χ0) is 24.1. The Morgan fingerprint density at radius 2 is 1.68 bits per heavy atom. The molecule has 1 fully saturated rings. The van der Waals surface area contributed by atoms with Gasteiger partial charge in [0.15, 0.2) is 0 Å². The number of nitrogens with one attached hydrogen (secondary N) is 1. The molecule has 1 aromatic heterocycles. The van der Waals surface area contributed by atoms with Gasteiger partial charge in [-0.3, -0.25) is 9.69 Å². The third kappa shape index (κ3) is 5.75. The van der Waals surface area contributed by atoms with Crippen molar-refractivity contribution in [3.05, 3.63) is 83.6 Å². The van der Waals surface area contributed by atoms with Crippen LogP contribution < -0.4 is 15.0 Å². The van der Waals surface area contributed by atoms with E-state index in [0.29, 0.717) is 11.3 Å². The van der Waals surface area contributed by atoms with Gasteiger partial charge in [0.1, 0.15) is 11.6 Å². The molecule has 0 bridgehead atoms. The first-order chi connectivity index (χ1) is 16.3. The normalized spacial score (nSPS) is 14.6. The highest BCUT2D eigenvalue weighted by Gasteiger charge is 2.19. The molecule has 1 aliphatic rings. The van der Waals surface area contributed by atoms with Crippen LogP contribution in [0.15, 0.2) is 66.9 Å². The van der Waals surface area contributed by atoms with Crippen LogP contribution in [0.3, 0.4) is 0 Å². The maximum Gasteiger partial charge on any atom is 0.255 e. The molecule has 1 aliphatic heterocycles. The highest BCUT2D eigenvalue weighted by molar-refractivity contribution is 6.04. The Hall–Kier alpha value is -3.38. The maximum absolute atomic E-state index is 12.6. The Kier molecular flexibility index (Phi) is 7.17. The van der Waals surface area contributed by atoms with Crippen molar-refractivity contribution in [2.45, 2.75) is 32.7 Å². The van der Waals surface area contributed by atoms with Crippen molar-refractivity contribution in [2.75, 3.05) is 43.5 Å². The van der Waals surface area contributed by atoms with Gasteiger partial charge in [0.25, 0.3) is 5.91 Å². The fourth-order valence-corrected chi connectivity index (χ4v) is 4.18. The lowest BCUT2D eigenvalue weighted by Crippen LogP contribution is -2.46. The number of pyridine rings is 1. The number of para-hydroxylation sites is 1. The van der Waals surface area contributed by atoms with Crippen molar-refractivity contribution < 1.29 is 9.53 Å². The summed E-state index contributed by atoms with van der Waals surface area (Å²) in [7, 11) is 1.72. The van der Waals surface area contributed by atoms with Gasteiger partial charge in [-0.15, -0.1) is 0 Å². The molecule has 6 heteroatoms. The number of carbonyl (C=O) groups excluding carboxylic acids is 1. The van der Waals surface area contributed by atoms with E-state index in [-0.39, 0.29) is 11.3 Å². The summed E-state index contributed by atoms with van der Waals surface area (Å²) < 4.78 is 5.49. The molecular formula is C28H34N4O2. The molecule has 1 amide bonds. The Labute approximate surface area is 202 Å². The second-order valence-corrected chi connectivity index (χ2v) is 9.76. The van der Waals surface area contributed by atoms with E-state index in [0.717, 1.165) is 44.3 Å². The molecule has 1 saturated heterocycles. The SMILES string of the molecule is COc1ccccc1CN1CCN(c2ccc(NC(=O)c3ccc(C(C)(C)C)cc3)cn2)CC1. The van der Waals surface area contributed by atoms with Gasteiger partial charge in [-0.05, 0) is 41.3 Å². The second-order valence-electron chi connectivity index (χ2n) is 9.76. The van der Waals surface area contributed by atoms with Crippen molar-refractivity contribution in [3.63, 3.8) is 0 Å². The fraction of sp³-hybridized carbons (Fsp3) is 0.357. The predicted octanol–water partition coefficient (Wildman–Crippen LogP) is 4.96. The van der Waals surface area contributed by atoms with E-state index in [4.69, 9.17) is 4.74 Å². The molecule has 0 radical (unpaired) electrons. The first-order valence-corrected chi connectivity index (χ1v) is 11.8. The van der Waals surface area contributed by atoms with Crippen LogP contribution in [0.4, 0.5) is 11.5 Å². The number of ether oxygens (including phenoxy) is 1. The van der Waals surface area contributed by atoms with E-state index in [9.17, 15) is 4.79 Å². The minimum absolute atomic E-state index is 0.0641. The Balaban J connectivity index is 1.30. The summed E-state index contributed by atoms with van der Waals surface area (Å²) >= 11 is 0. The molecule has 6 nitrogen and oxygen atoms in total. The summed E-state index contributed by atoms with van der Waals surface area (Å²) in [6.45, 7) is 11.1. The number of carbonyl (C=O) groups is 1. The molecule has 0 atom stereocenters. The molecule has 4 rings (SSSR count). The lowest BCUT2D eigenvalue weighted by atomic mass is 9.87. The monoisotopic (exact) mass is 458 g/mol. The Morgan fingerprint density at radius 1 is 0.971 bits per heavy atom. The topological polar surface area (TPSA) is 57.7 Å². The van der Waals surface area contributed by atoms with Crippen LogP contribution in [0.5, 0.6) is 5.75 Å². The minimum atomic E-state index is -0.125. The van der Waals surface area contributed by atoms with Crippen molar-refractivity contribution in [1.82, 2.24) is 9.88 Å². The zero-order valence-electron chi connectivity index (χ0n) is 20.5. The predicted molar refractivity (Wildman–Crippen MR) is 138 cm³/mol. The number of methoxy groups -OCH3 is 1. The van der Waals surface area contributed by atoms with Crippen molar-refractivity contribution in [3.8, 4) is 5.75 Å². The van der Waals surface area contributed by atoms with Crippen LogP contribution in [-0.4, -0.2) is 49.1 Å². The van der Waals surface area contributed by atoms with Crippen LogP contribution in [-0.2, 0) is 12.0 Å². The third-order valence-corrected chi connectivity index (χ3v) is 6.30. The molecule has 2 heterocycles. The molecule has 0 saturated carbocycles. The number of benzene rings is 2. The first-order valence-electron chi connectivity index (χ1n) is 11.8. The van der Waals surface area contributed by atoms with E-state index < -0.39 is 0 Å². The lowest BCUT2D eigenvalue weighted by molar-refractivity contribution is 0.102. The smallest absolute Gasteiger partial charge is 0.255 e. The molecule has 1 N–H and O–H groups in total. The fourth-order valence-electron chi connectivity index (χ4n) is 4.18. The summed E-state index contributed by atoms with van der Waals surface area (Å²) in [6, 6.07) is 19.9. The van der Waals surface area contributed by atoms with Crippen LogP contribution in [0.2, 0.25) is 0 Å². The van der Waals surface area contributed by atoms with Crippen molar-refractivity contribution >= 4 is 17.4 Å². The number of hydrogen-bond donors (Lipinski definition) is 1. The molecule has 178 valence electrons. The van der Waals surface area contributed by atoms with Gasteiger partial charge >= 0.3 is 0 Å². The van der Waals surface area contributed by atoms with Gasteiger partial charge in [0.2, 0.25) is 0 Å². The zero-order valence-corrected chi connectivity index (χ0v) is 20.5. The summed E-state index contributed by atoms with van der Waals surface area (Å²) in [4.78, 5) is 22.0. The molecular weight excluding hydrogens is 424 g/mol. The summed E-state index contributed by atoms with van der Waals surface area (Å²) in [6.07, 6.45) is 1.73. The standard InChI is InChI=1S/C28H34N4O2/c1-28(2,3)23-11-9-21(10-12-23)27(33)30-24-13-14-26(29-19-24)32-17-15-31(16-18-32)20-22-7-5-6-8-25(22)34-4/h5-14,19H,15-18,20H2,1-4H3,(H,30,33). The largest absolute Gasteiger partial charge is 0.496 e. The number of aromatic nitrogens is 1. The van der Waals surface area contributed by atoms with Crippen LogP contribution in [0.25, 0.3) is 0 Å². The molecule has 0 aliphatic carbocycles. The van der Waals surface area contributed by atoms with Gasteiger partial charge in [-0.1, -0.05) is 51.1 Å². The van der Waals surface area contributed by atoms with E-state index in [1.807, 2.05) is 48.5 Å². The highest BCUT2D eigenvalue weighted by atomic mass is 16.5. The number of hydrogen-bond acceptors (Lipinski definition) is 5. The third-order valence-electron chi connectivity index (χ3n) is 6.30. The van der Waals surface area contributed by atoms with E-state index >= 15 is 0 Å². The summed E-state index contributed by atoms with van der Waals surface area (Å²) in [5, 5.41) is 2.95. The Morgan fingerprint density at radius 3 is 2.29 bits per heavy atom. The van der Waals surface area contributed by atoms with E-state index in [1.54, 1.807) is 13.3 Å². The van der Waals surface area contributed by atoms with Gasteiger partial charge in [-0.25, -0.2) is 4.98 Å². The van der Waals surface area contributed by atoms with E-state index in [1.165, 1.54) is 11.1 Å². The number of piperazine rings is 1. The van der Waals surface area contributed by atoms with Gasteiger partial charge in [0.05, 0.1) is 19.0 Å². The molecule has 0 unspecified atom stereocenters. The lowest BCUT2D eigenvalue weighted by Gasteiger charge is -2.35. The molecule has 2 aromatic carbocycles. The molecule has 3 aromatic rings. The van der Waals surface area contributed by atoms with Crippen LogP contribution >= 0.6 is 0 Å². The van der Waals surface area contributed by atoms with Crippen LogP contribution in [0.1, 0.15) is 42.3 Å². The maximum atomic E-state index is 12.6. The number of amides is 1. The second kappa shape index (κ2) is 10.3. The minimum Gasteiger partial charge on any atom is -0.496 e. The van der Waals surface area contributed by atoms with Gasteiger partial charge in [0, 0.05) is 43.9 Å². The summed E-state index contributed by atoms with van der Waals surface area (Å²) in [5.74, 6) is 1.75. The first kappa shape index (κ1) is 23.8. The highest BCUT2D eigenvalue weighted by Crippen LogP contribution is 2.23. The number of nitrogens with zero attached hydrogens (tertiary/aromatic N) is 3. The summed E-state index contributed by atoms with van der Waals surface area (Å²) in [5.41, 5.74) is 3.82.